The van der Waals surface area contributed by atoms with Gasteiger partial charge in [-0.2, -0.15) is 0 Å². The lowest BCUT2D eigenvalue weighted by molar-refractivity contribution is -0.132. The number of hydrogen-bond donors (Lipinski definition) is 1. The number of aryl methyl sites for hydroxylation is 1. The lowest BCUT2D eigenvalue weighted by atomic mass is 9.95. The second-order valence-electron chi connectivity index (χ2n) is 7.86. The van der Waals surface area contributed by atoms with E-state index in [2.05, 4.69) is 0 Å². The fourth-order valence-electron chi connectivity index (χ4n) is 3.98. The first-order valence-electron chi connectivity index (χ1n) is 10.7. The number of halogens is 1. The Morgan fingerprint density at radius 1 is 1.03 bits per heavy atom. The SMILES string of the molecule is CCc1ccc(N2C(=O)C(=O)/C(=C(\O)c3cccc(Cl)c3)C2c2ccc(OC(C)=O)cc2)cc1. The van der Waals surface area contributed by atoms with Crippen molar-refractivity contribution in [1.82, 2.24) is 0 Å². The first kappa shape index (κ1) is 23.3. The number of carbonyl (C=O) groups excluding carboxylic acids is 3. The molecule has 6 nitrogen and oxygen atoms in total. The Kier molecular flexibility index (Phi) is 6.52. The molecular formula is C27H22ClNO5. The van der Waals surface area contributed by atoms with Gasteiger partial charge in [0.1, 0.15) is 11.5 Å². The van der Waals surface area contributed by atoms with E-state index in [9.17, 15) is 19.5 Å². The van der Waals surface area contributed by atoms with Gasteiger partial charge < -0.3 is 9.84 Å². The second-order valence-corrected chi connectivity index (χ2v) is 8.30. The minimum atomic E-state index is -0.891. The molecule has 0 saturated carbocycles. The van der Waals surface area contributed by atoms with Crippen molar-refractivity contribution in [2.45, 2.75) is 26.3 Å². The van der Waals surface area contributed by atoms with Crippen LogP contribution in [0.4, 0.5) is 5.69 Å². The van der Waals surface area contributed by atoms with E-state index in [0.29, 0.717) is 27.6 Å². The third-order valence-corrected chi connectivity index (χ3v) is 5.86. The van der Waals surface area contributed by atoms with Gasteiger partial charge in [0.25, 0.3) is 11.7 Å². The first-order valence-corrected chi connectivity index (χ1v) is 11.1. The summed E-state index contributed by atoms with van der Waals surface area (Å²) >= 11 is 6.09. The van der Waals surface area contributed by atoms with E-state index in [1.165, 1.54) is 17.9 Å². The molecule has 1 N–H and O–H groups in total. The van der Waals surface area contributed by atoms with E-state index in [-0.39, 0.29) is 11.3 Å². The van der Waals surface area contributed by atoms with Crippen LogP contribution in [0.15, 0.2) is 78.4 Å². The fourth-order valence-corrected chi connectivity index (χ4v) is 4.17. The van der Waals surface area contributed by atoms with Gasteiger partial charge in [0.2, 0.25) is 0 Å². The summed E-state index contributed by atoms with van der Waals surface area (Å²) in [6, 6.07) is 19.4. The Labute approximate surface area is 202 Å². The summed E-state index contributed by atoms with van der Waals surface area (Å²) in [5.74, 6) is -2.00. The molecule has 34 heavy (non-hydrogen) atoms. The van der Waals surface area contributed by atoms with Crippen LogP contribution in [0.1, 0.15) is 36.6 Å². The third kappa shape index (κ3) is 4.45. The number of aliphatic hydroxyl groups is 1. The number of benzene rings is 3. The molecule has 1 fully saturated rings. The van der Waals surface area contributed by atoms with Gasteiger partial charge in [0, 0.05) is 23.2 Å². The number of anilines is 1. The summed E-state index contributed by atoms with van der Waals surface area (Å²) in [6.07, 6.45) is 0.828. The van der Waals surface area contributed by atoms with Gasteiger partial charge in [0.05, 0.1) is 11.6 Å². The Balaban J connectivity index is 1.89. The number of amides is 1. The zero-order valence-electron chi connectivity index (χ0n) is 18.6. The van der Waals surface area contributed by atoms with Gasteiger partial charge in [-0.1, -0.05) is 54.9 Å². The average molecular weight is 476 g/mol. The topological polar surface area (TPSA) is 83.9 Å². The lowest BCUT2D eigenvalue weighted by Gasteiger charge is -2.25. The Hall–Kier alpha value is -3.90. The van der Waals surface area contributed by atoms with Gasteiger partial charge in [-0.05, 0) is 53.9 Å². The molecule has 7 heteroatoms. The maximum atomic E-state index is 13.2. The van der Waals surface area contributed by atoms with Crippen LogP contribution in [0.25, 0.3) is 5.76 Å². The highest BCUT2D eigenvalue weighted by molar-refractivity contribution is 6.51. The molecule has 0 radical (unpaired) electrons. The predicted octanol–water partition coefficient (Wildman–Crippen LogP) is 5.45. The van der Waals surface area contributed by atoms with Crippen molar-refractivity contribution in [2.75, 3.05) is 4.90 Å². The van der Waals surface area contributed by atoms with Crippen LogP contribution < -0.4 is 9.64 Å². The van der Waals surface area contributed by atoms with E-state index >= 15 is 0 Å². The molecular weight excluding hydrogens is 454 g/mol. The maximum absolute atomic E-state index is 13.2. The molecule has 0 aromatic heterocycles. The maximum Gasteiger partial charge on any atom is 0.308 e. The molecule has 1 amide bonds. The van der Waals surface area contributed by atoms with Crippen molar-refractivity contribution in [2.24, 2.45) is 0 Å². The van der Waals surface area contributed by atoms with Crippen molar-refractivity contribution in [3.8, 4) is 5.75 Å². The number of hydrogen-bond acceptors (Lipinski definition) is 5. The monoisotopic (exact) mass is 475 g/mol. The van der Waals surface area contributed by atoms with Crippen molar-refractivity contribution in [1.29, 1.82) is 0 Å². The van der Waals surface area contributed by atoms with Crippen LogP contribution in [-0.2, 0) is 20.8 Å². The summed E-state index contributed by atoms with van der Waals surface area (Å²) in [5, 5.41) is 11.5. The Morgan fingerprint density at radius 2 is 1.71 bits per heavy atom. The molecule has 3 aromatic carbocycles. The largest absolute Gasteiger partial charge is 0.507 e. The van der Waals surface area contributed by atoms with Gasteiger partial charge in [-0.3, -0.25) is 19.3 Å². The molecule has 1 unspecified atom stereocenters. The normalized spacial score (nSPS) is 17.1. The number of ether oxygens (including phenoxy) is 1. The highest BCUT2D eigenvalue weighted by Gasteiger charge is 2.47. The number of rotatable bonds is 5. The van der Waals surface area contributed by atoms with E-state index in [1.54, 1.807) is 54.6 Å². The first-order chi connectivity index (χ1) is 16.3. The standard InChI is InChI=1S/C27H22ClNO5/c1-3-17-7-11-21(12-8-17)29-24(18-9-13-22(14-10-18)34-16(2)30)23(26(32)27(29)33)25(31)19-5-4-6-20(28)15-19/h4-15,24,31H,3H2,1-2H3/b25-23-. The number of Topliss-reactive ketones (excluding diaryl/α,β-unsaturated/α-hetero) is 1. The van der Waals surface area contributed by atoms with Gasteiger partial charge in [-0.25, -0.2) is 0 Å². The highest BCUT2D eigenvalue weighted by Crippen LogP contribution is 2.42. The van der Waals surface area contributed by atoms with E-state index in [4.69, 9.17) is 16.3 Å². The molecule has 4 rings (SSSR count). The molecule has 1 heterocycles. The quantitative estimate of drug-likeness (QED) is 0.174. The van der Waals surface area contributed by atoms with Crippen molar-refractivity contribution < 1.29 is 24.2 Å². The van der Waals surface area contributed by atoms with Crippen molar-refractivity contribution in [3.05, 3.63) is 100 Å². The highest BCUT2D eigenvalue weighted by atomic mass is 35.5. The van der Waals surface area contributed by atoms with E-state index in [1.807, 2.05) is 19.1 Å². The smallest absolute Gasteiger partial charge is 0.308 e. The fraction of sp³-hybridized carbons (Fsp3) is 0.148. The predicted molar refractivity (Wildman–Crippen MR) is 130 cm³/mol. The van der Waals surface area contributed by atoms with Gasteiger partial charge in [-0.15, -0.1) is 0 Å². The number of esters is 1. The number of nitrogens with zero attached hydrogens (tertiary/aromatic N) is 1. The zero-order valence-corrected chi connectivity index (χ0v) is 19.4. The van der Waals surface area contributed by atoms with Crippen molar-refractivity contribution >= 4 is 40.7 Å². The number of carbonyl (C=O) groups is 3. The van der Waals surface area contributed by atoms with E-state index in [0.717, 1.165) is 12.0 Å². The van der Waals surface area contributed by atoms with Gasteiger partial charge in [0.15, 0.2) is 0 Å². The lowest BCUT2D eigenvalue weighted by Crippen LogP contribution is -2.29. The molecule has 1 aliphatic heterocycles. The van der Waals surface area contributed by atoms with Gasteiger partial charge >= 0.3 is 5.97 Å². The zero-order chi connectivity index (χ0) is 24.4. The molecule has 172 valence electrons. The van der Waals surface area contributed by atoms with Crippen LogP contribution in [0, 0.1) is 0 Å². The third-order valence-electron chi connectivity index (χ3n) is 5.62. The Bertz CT molecular complexity index is 1300. The molecule has 0 bridgehead atoms. The molecule has 1 aliphatic rings. The number of aliphatic hydroxyl groups excluding tert-OH is 1. The van der Waals surface area contributed by atoms with Crippen LogP contribution >= 0.6 is 11.6 Å². The van der Waals surface area contributed by atoms with Crippen LogP contribution in [-0.4, -0.2) is 22.8 Å². The molecule has 3 aromatic rings. The minimum absolute atomic E-state index is 0.0490. The van der Waals surface area contributed by atoms with Crippen LogP contribution in [0.2, 0.25) is 5.02 Å². The summed E-state index contributed by atoms with van der Waals surface area (Å²) in [4.78, 5) is 39.1. The van der Waals surface area contributed by atoms with Crippen LogP contribution in [0.5, 0.6) is 5.75 Å². The van der Waals surface area contributed by atoms with Crippen molar-refractivity contribution in [3.63, 3.8) is 0 Å². The minimum Gasteiger partial charge on any atom is -0.507 e. The van der Waals surface area contributed by atoms with Crippen LogP contribution in [0.3, 0.4) is 0 Å². The second kappa shape index (κ2) is 9.53. The summed E-state index contributed by atoms with van der Waals surface area (Å²) < 4.78 is 5.11. The van der Waals surface area contributed by atoms with E-state index < -0.39 is 23.7 Å². The molecule has 1 atom stereocenters. The summed E-state index contributed by atoms with van der Waals surface area (Å²) in [6.45, 7) is 3.32. The average Bonchev–Trinajstić information content (AvgIpc) is 3.09. The molecule has 0 aliphatic carbocycles. The summed E-state index contributed by atoms with van der Waals surface area (Å²) in [5.41, 5.74) is 2.46. The molecule has 0 spiro atoms. The number of ketones is 1. The summed E-state index contributed by atoms with van der Waals surface area (Å²) in [7, 11) is 0. The molecule has 1 saturated heterocycles. The Morgan fingerprint density at radius 3 is 2.29 bits per heavy atom.